The monoisotopic (exact) mass is 331 g/mol. The first-order valence-electron chi connectivity index (χ1n) is 7.99. The van der Waals surface area contributed by atoms with Crippen LogP contribution in [0, 0.1) is 6.92 Å². The molecule has 0 aliphatic rings. The second-order valence-electron chi connectivity index (χ2n) is 5.83. The van der Waals surface area contributed by atoms with Crippen LogP contribution in [0.5, 0.6) is 0 Å². The van der Waals surface area contributed by atoms with Gasteiger partial charge in [0.1, 0.15) is 5.82 Å². The zero-order valence-electron chi connectivity index (χ0n) is 13.7. The van der Waals surface area contributed by atoms with Crippen LogP contribution in [-0.4, -0.2) is 25.3 Å². The van der Waals surface area contributed by atoms with Crippen LogP contribution in [0.1, 0.15) is 11.3 Å². The van der Waals surface area contributed by atoms with Crippen LogP contribution in [0.15, 0.2) is 54.6 Å². The Labute approximate surface area is 144 Å². The van der Waals surface area contributed by atoms with Gasteiger partial charge in [-0.25, -0.2) is 9.97 Å². The Morgan fingerprint density at radius 3 is 2.72 bits per heavy atom. The molecular formula is C19H17N5O. The molecule has 6 nitrogen and oxygen atoms in total. The summed E-state index contributed by atoms with van der Waals surface area (Å²) < 4.78 is 0. The van der Waals surface area contributed by atoms with E-state index in [0.717, 1.165) is 27.7 Å². The van der Waals surface area contributed by atoms with E-state index in [4.69, 9.17) is 4.98 Å². The Balaban J connectivity index is 1.85. The van der Waals surface area contributed by atoms with E-state index in [0.29, 0.717) is 17.5 Å². The number of aliphatic hydroxyl groups is 1. The van der Waals surface area contributed by atoms with Crippen molar-refractivity contribution in [2.24, 2.45) is 0 Å². The predicted molar refractivity (Wildman–Crippen MR) is 97.5 cm³/mol. The van der Waals surface area contributed by atoms with Crippen LogP contribution < -0.4 is 5.32 Å². The number of H-pyrrole nitrogens is 1. The third-order valence-corrected chi connectivity index (χ3v) is 3.92. The number of benzene rings is 2. The molecule has 2 aromatic carbocycles. The average molecular weight is 331 g/mol. The number of hydrogen-bond donors (Lipinski definition) is 3. The highest BCUT2D eigenvalue weighted by atomic mass is 16.3. The highest BCUT2D eigenvalue weighted by molar-refractivity contribution is 5.91. The van der Waals surface area contributed by atoms with Gasteiger partial charge in [0.25, 0.3) is 0 Å². The summed E-state index contributed by atoms with van der Waals surface area (Å²) in [4.78, 5) is 9.36. The molecule has 4 aromatic rings. The Bertz CT molecular complexity index is 1040. The first kappa shape index (κ1) is 15.3. The zero-order valence-corrected chi connectivity index (χ0v) is 13.7. The van der Waals surface area contributed by atoms with Crippen molar-refractivity contribution in [1.82, 2.24) is 20.2 Å². The summed E-state index contributed by atoms with van der Waals surface area (Å²) in [5.74, 6) is 2.00. The maximum atomic E-state index is 9.37. The number of anilines is 2. The number of aryl methyl sites for hydroxylation is 1. The maximum absolute atomic E-state index is 9.37. The van der Waals surface area contributed by atoms with Crippen LogP contribution in [-0.2, 0) is 6.61 Å². The lowest BCUT2D eigenvalue weighted by atomic mass is 10.1. The molecule has 3 N–H and O–H groups in total. The van der Waals surface area contributed by atoms with Crippen LogP contribution in [0.2, 0.25) is 0 Å². The second kappa shape index (κ2) is 6.33. The molecular weight excluding hydrogens is 314 g/mol. The van der Waals surface area contributed by atoms with Crippen molar-refractivity contribution in [3.05, 3.63) is 65.9 Å². The second-order valence-corrected chi connectivity index (χ2v) is 5.83. The van der Waals surface area contributed by atoms with E-state index < -0.39 is 0 Å². The number of para-hydroxylation sites is 1. The Morgan fingerprint density at radius 1 is 1.04 bits per heavy atom. The summed E-state index contributed by atoms with van der Waals surface area (Å²) in [6, 6.07) is 17.4. The van der Waals surface area contributed by atoms with Gasteiger partial charge in [0, 0.05) is 22.7 Å². The fourth-order valence-electron chi connectivity index (χ4n) is 2.71. The lowest BCUT2D eigenvalue weighted by Gasteiger charge is -2.10. The number of fused-ring (bicyclic) bond motifs is 1. The van der Waals surface area contributed by atoms with Gasteiger partial charge in [-0.2, -0.15) is 5.10 Å². The van der Waals surface area contributed by atoms with Gasteiger partial charge in [-0.05, 0) is 30.7 Å². The van der Waals surface area contributed by atoms with E-state index in [1.165, 1.54) is 0 Å². The van der Waals surface area contributed by atoms with Gasteiger partial charge in [-0.15, -0.1) is 0 Å². The first-order chi connectivity index (χ1) is 12.2. The van der Waals surface area contributed by atoms with E-state index >= 15 is 0 Å². The summed E-state index contributed by atoms with van der Waals surface area (Å²) in [5, 5.41) is 20.7. The molecule has 0 spiro atoms. The molecule has 0 saturated heterocycles. The third kappa shape index (κ3) is 3.07. The number of nitrogens with zero attached hydrogens (tertiary/aromatic N) is 3. The summed E-state index contributed by atoms with van der Waals surface area (Å²) in [6.07, 6.45) is 0. The van der Waals surface area contributed by atoms with Crippen molar-refractivity contribution >= 4 is 22.5 Å². The summed E-state index contributed by atoms with van der Waals surface area (Å²) in [6.45, 7) is 1.93. The van der Waals surface area contributed by atoms with Crippen molar-refractivity contribution in [2.45, 2.75) is 13.5 Å². The number of nitrogens with one attached hydrogen (secondary N) is 2. The van der Waals surface area contributed by atoms with Crippen LogP contribution in [0.25, 0.3) is 22.3 Å². The minimum Gasteiger partial charge on any atom is -0.392 e. The molecule has 0 aliphatic heterocycles. The Morgan fingerprint density at radius 2 is 1.92 bits per heavy atom. The van der Waals surface area contributed by atoms with Crippen LogP contribution >= 0.6 is 0 Å². The molecule has 2 heterocycles. The van der Waals surface area contributed by atoms with Crippen molar-refractivity contribution in [3.63, 3.8) is 0 Å². The predicted octanol–water partition coefficient (Wildman–Crippen LogP) is 3.56. The molecule has 0 aliphatic carbocycles. The molecule has 25 heavy (non-hydrogen) atoms. The van der Waals surface area contributed by atoms with Gasteiger partial charge in [0.15, 0.2) is 11.6 Å². The molecule has 0 unspecified atom stereocenters. The largest absolute Gasteiger partial charge is 0.392 e. The van der Waals surface area contributed by atoms with Crippen molar-refractivity contribution in [3.8, 4) is 11.4 Å². The minimum absolute atomic E-state index is 0.0148. The van der Waals surface area contributed by atoms with E-state index in [1.807, 2.05) is 61.5 Å². The van der Waals surface area contributed by atoms with Gasteiger partial charge in [0.2, 0.25) is 0 Å². The van der Waals surface area contributed by atoms with E-state index in [1.54, 1.807) is 0 Å². The number of aromatic amines is 1. The van der Waals surface area contributed by atoms with E-state index in [2.05, 4.69) is 20.5 Å². The van der Waals surface area contributed by atoms with Gasteiger partial charge in [-0.1, -0.05) is 30.3 Å². The first-order valence-corrected chi connectivity index (χ1v) is 7.99. The summed E-state index contributed by atoms with van der Waals surface area (Å²) >= 11 is 0. The quantitative estimate of drug-likeness (QED) is 0.532. The lowest BCUT2D eigenvalue weighted by molar-refractivity contribution is 0.282. The van der Waals surface area contributed by atoms with Crippen LogP contribution in [0.3, 0.4) is 0 Å². The minimum atomic E-state index is -0.0148. The van der Waals surface area contributed by atoms with Crippen molar-refractivity contribution in [2.75, 3.05) is 5.32 Å². The van der Waals surface area contributed by atoms with Gasteiger partial charge < -0.3 is 10.4 Å². The number of aromatic nitrogens is 4. The van der Waals surface area contributed by atoms with Gasteiger partial charge in [0.05, 0.1) is 12.1 Å². The molecule has 2 aromatic heterocycles. The SMILES string of the molecule is Cc1cc(Nc2nc(-c3cccc(CO)c3)nc3ccccc23)n[nH]1. The molecule has 0 amide bonds. The normalized spacial score (nSPS) is 11.0. The molecule has 0 fully saturated rings. The van der Waals surface area contributed by atoms with Gasteiger partial charge in [-0.3, -0.25) is 5.10 Å². The fourth-order valence-corrected chi connectivity index (χ4v) is 2.71. The van der Waals surface area contributed by atoms with Crippen LogP contribution in [0.4, 0.5) is 11.6 Å². The topological polar surface area (TPSA) is 86.7 Å². The Kier molecular flexibility index (Phi) is 3.87. The highest BCUT2D eigenvalue weighted by Gasteiger charge is 2.11. The average Bonchev–Trinajstić information content (AvgIpc) is 3.06. The van der Waals surface area contributed by atoms with Gasteiger partial charge >= 0.3 is 0 Å². The molecule has 0 bridgehead atoms. The van der Waals surface area contributed by atoms with Crippen molar-refractivity contribution in [1.29, 1.82) is 0 Å². The number of aliphatic hydroxyl groups excluding tert-OH is 1. The fraction of sp³-hybridized carbons (Fsp3) is 0.105. The van der Waals surface area contributed by atoms with E-state index in [-0.39, 0.29) is 6.61 Å². The molecule has 124 valence electrons. The lowest BCUT2D eigenvalue weighted by Crippen LogP contribution is -2.00. The maximum Gasteiger partial charge on any atom is 0.162 e. The smallest absolute Gasteiger partial charge is 0.162 e. The molecule has 0 radical (unpaired) electrons. The Hall–Kier alpha value is -3.25. The summed E-state index contributed by atoms with van der Waals surface area (Å²) in [5.41, 5.74) is 3.50. The van der Waals surface area contributed by atoms with Crippen molar-refractivity contribution < 1.29 is 5.11 Å². The third-order valence-electron chi connectivity index (χ3n) is 3.92. The number of rotatable bonds is 4. The molecule has 0 saturated carbocycles. The molecule has 4 rings (SSSR count). The number of hydrogen-bond acceptors (Lipinski definition) is 5. The van der Waals surface area contributed by atoms with E-state index in [9.17, 15) is 5.11 Å². The summed E-state index contributed by atoms with van der Waals surface area (Å²) in [7, 11) is 0. The molecule has 6 heteroatoms. The zero-order chi connectivity index (χ0) is 17.2. The standard InChI is InChI=1S/C19H17N5O/c1-12-9-17(24-23-12)21-19-15-7-2-3-8-16(15)20-18(22-19)14-6-4-5-13(10-14)11-25/h2-10,25H,11H2,1H3,(H2,20,21,22,23,24). The molecule has 0 atom stereocenters. The highest BCUT2D eigenvalue weighted by Crippen LogP contribution is 2.27.